The van der Waals surface area contributed by atoms with Gasteiger partial charge in [-0.25, -0.2) is 9.79 Å². The van der Waals surface area contributed by atoms with Gasteiger partial charge in [0.25, 0.3) is 0 Å². The minimum Gasteiger partial charge on any atom is -0.367 e. The van der Waals surface area contributed by atoms with Gasteiger partial charge in [0.1, 0.15) is 0 Å². The summed E-state index contributed by atoms with van der Waals surface area (Å²) in [6, 6.07) is 9.78. The molecule has 1 aliphatic heterocycles. The number of oxime groups is 1. The zero-order valence-electron chi connectivity index (χ0n) is 12.3. The van der Waals surface area contributed by atoms with Crippen LogP contribution in [0.5, 0.6) is 0 Å². The van der Waals surface area contributed by atoms with Crippen molar-refractivity contribution in [1.82, 2.24) is 4.90 Å². The van der Waals surface area contributed by atoms with E-state index in [1.165, 1.54) is 0 Å². The molecule has 0 amide bonds. The molecular formula is C15H19N3O2. The molecule has 20 heavy (non-hydrogen) atoms. The maximum Gasteiger partial charge on any atom is 0.368 e. The Kier molecular flexibility index (Phi) is 3.88. The van der Waals surface area contributed by atoms with Gasteiger partial charge in [-0.05, 0) is 19.4 Å². The third-order valence-corrected chi connectivity index (χ3v) is 3.50. The Labute approximate surface area is 118 Å². The van der Waals surface area contributed by atoms with Crippen molar-refractivity contribution in [3.63, 3.8) is 0 Å². The second-order valence-corrected chi connectivity index (χ2v) is 5.13. The third-order valence-electron chi connectivity index (χ3n) is 3.50. The largest absolute Gasteiger partial charge is 0.368 e. The molecule has 5 nitrogen and oxygen atoms in total. The van der Waals surface area contributed by atoms with Crippen LogP contribution < -0.4 is 0 Å². The van der Waals surface area contributed by atoms with E-state index in [4.69, 9.17) is 4.84 Å². The summed E-state index contributed by atoms with van der Waals surface area (Å²) < 4.78 is 0. The lowest BCUT2D eigenvalue weighted by atomic mass is 9.87. The Morgan fingerprint density at radius 3 is 2.50 bits per heavy atom. The fraction of sp³-hybridized carbons (Fsp3) is 0.400. The van der Waals surface area contributed by atoms with Gasteiger partial charge in [0.15, 0.2) is 0 Å². The predicted octanol–water partition coefficient (Wildman–Crippen LogP) is 1.88. The fourth-order valence-corrected chi connectivity index (χ4v) is 2.04. The number of benzene rings is 1. The maximum absolute atomic E-state index is 12.2. The Balaban J connectivity index is 2.43. The molecule has 5 heteroatoms. The van der Waals surface area contributed by atoms with Crippen LogP contribution in [0.1, 0.15) is 19.4 Å². The summed E-state index contributed by atoms with van der Waals surface area (Å²) in [4.78, 5) is 23.5. The van der Waals surface area contributed by atoms with Crippen molar-refractivity contribution in [3.8, 4) is 0 Å². The smallest absolute Gasteiger partial charge is 0.367 e. The topological polar surface area (TPSA) is 54.3 Å². The molecular weight excluding hydrogens is 254 g/mol. The van der Waals surface area contributed by atoms with Crippen molar-refractivity contribution < 1.29 is 9.63 Å². The standard InChI is InChI=1S/C15H19N3O2/c1-11-15(14(19)20-17-11,16-12(2)18(3)4)10-13-8-6-5-7-9-13/h5-9H,10H2,1-4H3. The van der Waals surface area contributed by atoms with Crippen molar-refractivity contribution >= 4 is 17.5 Å². The monoisotopic (exact) mass is 273 g/mol. The summed E-state index contributed by atoms with van der Waals surface area (Å²) in [7, 11) is 3.78. The first kappa shape index (κ1) is 14.2. The van der Waals surface area contributed by atoms with E-state index >= 15 is 0 Å². The molecule has 0 aliphatic carbocycles. The van der Waals surface area contributed by atoms with Gasteiger partial charge < -0.3 is 9.74 Å². The van der Waals surface area contributed by atoms with E-state index in [-0.39, 0.29) is 0 Å². The highest BCUT2D eigenvalue weighted by Gasteiger charge is 2.48. The molecule has 1 unspecified atom stereocenters. The van der Waals surface area contributed by atoms with Crippen LogP contribution in [0.2, 0.25) is 0 Å². The van der Waals surface area contributed by atoms with E-state index in [1.807, 2.05) is 56.3 Å². The zero-order chi connectivity index (χ0) is 14.8. The molecule has 0 bridgehead atoms. The molecule has 0 fully saturated rings. The first-order valence-electron chi connectivity index (χ1n) is 6.50. The number of carbonyl (C=O) groups excluding carboxylic acids is 1. The van der Waals surface area contributed by atoms with Crippen LogP contribution >= 0.6 is 0 Å². The normalized spacial score (nSPS) is 22.5. The number of rotatable bonds is 3. The number of hydrogen-bond acceptors (Lipinski definition) is 4. The van der Waals surface area contributed by atoms with Crippen LogP contribution in [0, 0.1) is 0 Å². The highest BCUT2D eigenvalue weighted by molar-refractivity contribution is 6.14. The predicted molar refractivity (Wildman–Crippen MR) is 78.9 cm³/mol. The lowest BCUT2D eigenvalue weighted by molar-refractivity contribution is -0.144. The van der Waals surface area contributed by atoms with Gasteiger partial charge in [-0.1, -0.05) is 35.5 Å². The number of aliphatic imine (C=N–C) groups is 1. The van der Waals surface area contributed by atoms with Crippen LogP contribution in [0.3, 0.4) is 0 Å². The molecule has 1 aliphatic rings. The minimum absolute atomic E-state index is 0.417. The number of amidine groups is 1. The van der Waals surface area contributed by atoms with E-state index in [9.17, 15) is 4.79 Å². The van der Waals surface area contributed by atoms with Gasteiger partial charge in [0.05, 0.1) is 11.5 Å². The SMILES string of the molecule is CC(=NC1(Cc2ccccc2)C(=O)ON=C1C)N(C)C. The Bertz CT molecular complexity index is 564. The summed E-state index contributed by atoms with van der Waals surface area (Å²) in [5, 5.41) is 3.82. The van der Waals surface area contributed by atoms with E-state index in [0.717, 1.165) is 11.4 Å². The van der Waals surface area contributed by atoms with E-state index in [0.29, 0.717) is 12.1 Å². The molecule has 0 saturated heterocycles. The number of nitrogens with zero attached hydrogens (tertiary/aromatic N) is 3. The summed E-state index contributed by atoms with van der Waals surface area (Å²) >= 11 is 0. The quantitative estimate of drug-likeness (QED) is 0.480. The molecule has 0 radical (unpaired) electrons. The number of carbonyl (C=O) groups is 1. The summed E-state index contributed by atoms with van der Waals surface area (Å²) in [5.74, 6) is 0.342. The second kappa shape index (κ2) is 5.45. The van der Waals surface area contributed by atoms with Gasteiger partial charge in [-0.2, -0.15) is 0 Å². The Morgan fingerprint density at radius 2 is 2.00 bits per heavy atom. The molecule has 0 spiro atoms. The highest BCUT2D eigenvalue weighted by atomic mass is 16.7. The van der Waals surface area contributed by atoms with Crippen molar-refractivity contribution in [2.45, 2.75) is 25.8 Å². The third kappa shape index (κ3) is 2.57. The fourth-order valence-electron chi connectivity index (χ4n) is 2.04. The van der Waals surface area contributed by atoms with Crippen LogP contribution in [-0.4, -0.2) is 42.1 Å². The molecule has 1 heterocycles. The highest BCUT2D eigenvalue weighted by Crippen LogP contribution is 2.27. The van der Waals surface area contributed by atoms with Gasteiger partial charge in [0.2, 0.25) is 5.54 Å². The summed E-state index contributed by atoms with van der Waals surface area (Å²) in [6.45, 7) is 3.64. The average molecular weight is 273 g/mol. The zero-order valence-corrected chi connectivity index (χ0v) is 12.3. The molecule has 0 aromatic heterocycles. The lowest BCUT2D eigenvalue weighted by Gasteiger charge is -2.23. The molecule has 0 saturated carbocycles. The summed E-state index contributed by atoms with van der Waals surface area (Å²) in [6.07, 6.45) is 0.452. The Hall–Kier alpha value is -2.17. The minimum atomic E-state index is -1.05. The molecule has 2 rings (SSSR count). The second-order valence-electron chi connectivity index (χ2n) is 5.13. The van der Waals surface area contributed by atoms with Gasteiger partial charge in [0, 0.05) is 20.5 Å². The van der Waals surface area contributed by atoms with E-state index < -0.39 is 11.5 Å². The molecule has 0 N–H and O–H groups in total. The first-order valence-corrected chi connectivity index (χ1v) is 6.50. The summed E-state index contributed by atoms with van der Waals surface area (Å²) in [5.41, 5.74) is 0.569. The van der Waals surface area contributed by atoms with Gasteiger partial charge in [-0.15, -0.1) is 0 Å². The van der Waals surface area contributed by atoms with Crippen LogP contribution in [0.25, 0.3) is 0 Å². The van der Waals surface area contributed by atoms with Crippen molar-refractivity contribution in [2.75, 3.05) is 14.1 Å². The van der Waals surface area contributed by atoms with Crippen molar-refractivity contribution in [1.29, 1.82) is 0 Å². The van der Waals surface area contributed by atoms with E-state index in [1.54, 1.807) is 6.92 Å². The van der Waals surface area contributed by atoms with Crippen LogP contribution in [-0.2, 0) is 16.1 Å². The van der Waals surface area contributed by atoms with Gasteiger partial charge >= 0.3 is 5.97 Å². The van der Waals surface area contributed by atoms with Gasteiger partial charge in [-0.3, -0.25) is 0 Å². The van der Waals surface area contributed by atoms with Crippen molar-refractivity contribution in [2.24, 2.45) is 10.1 Å². The van der Waals surface area contributed by atoms with Crippen molar-refractivity contribution in [3.05, 3.63) is 35.9 Å². The van der Waals surface area contributed by atoms with E-state index in [2.05, 4.69) is 10.1 Å². The maximum atomic E-state index is 12.2. The lowest BCUT2D eigenvalue weighted by Crippen LogP contribution is -2.44. The van der Waals surface area contributed by atoms with Crippen LogP contribution in [0.15, 0.2) is 40.5 Å². The van der Waals surface area contributed by atoms with Crippen LogP contribution in [0.4, 0.5) is 0 Å². The molecule has 1 atom stereocenters. The average Bonchev–Trinajstić information content (AvgIpc) is 2.68. The Morgan fingerprint density at radius 1 is 1.35 bits per heavy atom. The molecule has 106 valence electrons. The molecule has 1 aromatic carbocycles. The molecule has 1 aromatic rings. The first-order chi connectivity index (χ1) is 9.45. The number of hydrogen-bond donors (Lipinski definition) is 0.